The van der Waals surface area contributed by atoms with Crippen molar-refractivity contribution in [1.29, 1.82) is 0 Å². The second-order valence-corrected chi connectivity index (χ2v) is 6.24. The Labute approximate surface area is 119 Å². The summed E-state index contributed by atoms with van der Waals surface area (Å²) in [6.45, 7) is 5.06. The smallest absolute Gasteiger partial charge is 0.157 e. The quantitative estimate of drug-likeness (QED) is 0.901. The van der Waals surface area contributed by atoms with Gasteiger partial charge >= 0.3 is 0 Å². The van der Waals surface area contributed by atoms with Gasteiger partial charge in [0.05, 0.1) is 5.54 Å². The Balaban J connectivity index is 1.93. The van der Waals surface area contributed by atoms with Crippen LogP contribution in [0.3, 0.4) is 0 Å². The molecular formula is C15H23N5. The van der Waals surface area contributed by atoms with Crippen molar-refractivity contribution in [2.75, 3.05) is 11.9 Å². The maximum Gasteiger partial charge on any atom is 0.157 e. The van der Waals surface area contributed by atoms with Gasteiger partial charge in [0.1, 0.15) is 12.1 Å². The van der Waals surface area contributed by atoms with E-state index in [0.29, 0.717) is 6.54 Å². The summed E-state index contributed by atoms with van der Waals surface area (Å²) in [6, 6.07) is 4.16. The minimum atomic E-state index is -0.000810. The SMILES string of the molecule is Cc1cc(NC2(CN)CCC(C)CC2)n2ncnc2c1. The Bertz CT molecular complexity index is 595. The molecule has 108 valence electrons. The van der Waals surface area contributed by atoms with Gasteiger partial charge in [-0.15, -0.1) is 0 Å². The number of aromatic nitrogens is 3. The van der Waals surface area contributed by atoms with Gasteiger partial charge in [-0.25, -0.2) is 4.98 Å². The van der Waals surface area contributed by atoms with E-state index in [-0.39, 0.29) is 5.54 Å². The second kappa shape index (κ2) is 5.05. The van der Waals surface area contributed by atoms with Crippen molar-refractivity contribution in [3.05, 3.63) is 24.0 Å². The van der Waals surface area contributed by atoms with Gasteiger partial charge in [0.25, 0.3) is 0 Å². The van der Waals surface area contributed by atoms with E-state index >= 15 is 0 Å². The van der Waals surface area contributed by atoms with Crippen LogP contribution < -0.4 is 11.1 Å². The van der Waals surface area contributed by atoms with Crippen molar-refractivity contribution >= 4 is 11.5 Å². The van der Waals surface area contributed by atoms with E-state index in [1.54, 1.807) is 6.33 Å². The number of pyridine rings is 1. The number of aryl methyl sites for hydroxylation is 1. The molecule has 1 aliphatic rings. The Morgan fingerprint density at radius 2 is 2.15 bits per heavy atom. The third-order valence-corrected chi connectivity index (χ3v) is 4.54. The lowest BCUT2D eigenvalue weighted by atomic mass is 9.77. The van der Waals surface area contributed by atoms with Crippen molar-refractivity contribution in [3.63, 3.8) is 0 Å². The summed E-state index contributed by atoms with van der Waals surface area (Å²) >= 11 is 0. The first kappa shape index (κ1) is 13.4. The molecule has 0 saturated heterocycles. The zero-order valence-corrected chi connectivity index (χ0v) is 12.3. The predicted octanol–water partition coefficient (Wildman–Crippen LogP) is 2.36. The third kappa shape index (κ3) is 2.38. The fraction of sp³-hybridized carbons (Fsp3) is 0.600. The van der Waals surface area contributed by atoms with E-state index < -0.39 is 0 Å². The van der Waals surface area contributed by atoms with Crippen molar-refractivity contribution in [2.24, 2.45) is 11.7 Å². The van der Waals surface area contributed by atoms with Crippen LogP contribution in [0.4, 0.5) is 5.82 Å². The van der Waals surface area contributed by atoms with Gasteiger partial charge in [-0.05, 0) is 56.2 Å². The van der Waals surface area contributed by atoms with Gasteiger partial charge in [-0.2, -0.15) is 9.61 Å². The predicted molar refractivity (Wildman–Crippen MR) is 80.8 cm³/mol. The molecule has 1 fully saturated rings. The van der Waals surface area contributed by atoms with E-state index in [0.717, 1.165) is 30.2 Å². The maximum absolute atomic E-state index is 6.08. The van der Waals surface area contributed by atoms with Crippen LogP contribution in [0, 0.1) is 12.8 Å². The highest BCUT2D eigenvalue weighted by atomic mass is 15.3. The Kier molecular flexibility index (Phi) is 3.38. The normalized spacial score (nSPS) is 26.9. The molecule has 5 heteroatoms. The lowest BCUT2D eigenvalue weighted by molar-refractivity contribution is 0.271. The second-order valence-electron chi connectivity index (χ2n) is 6.24. The minimum absolute atomic E-state index is 0.000810. The van der Waals surface area contributed by atoms with Gasteiger partial charge in [0, 0.05) is 6.54 Å². The number of hydrogen-bond donors (Lipinski definition) is 2. The average Bonchev–Trinajstić information content (AvgIpc) is 2.90. The molecule has 0 atom stereocenters. The molecule has 1 saturated carbocycles. The summed E-state index contributed by atoms with van der Waals surface area (Å²) < 4.78 is 1.86. The van der Waals surface area contributed by atoms with E-state index in [4.69, 9.17) is 5.73 Å². The van der Waals surface area contributed by atoms with Gasteiger partial charge in [-0.1, -0.05) is 6.92 Å². The van der Waals surface area contributed by atoms with Gasteiger partial charge in [0.15, 0.2) is 5.65 Å². The number of rotatable bonds is 3. The average molecular weight is 273 g/mol. The highest BCUT2D eigenvalue weighted by Gasteiger charge is 2.33. The molecule has 0 amide bonds. The number of fused-ring (bicyclic) bond motifs is 1. The summed E-state index contributed by atoms with van der Waals surface area (Å²) in [5, 5.41) is 7.98. The van der Waals surface area contributed by atoms with Crippen LogP contribution in [0.1, 0.15) is 38.2 Å². The van der Waals surface area contributed by atoms with E-state index in [1.807, 2.05) is 10.6 Å². The minimum Gasteiger partial charge on any atom is -0.363 e. The van der Waals surface area contributed by atoms with Crippen LogP contribution in [-0.2, 0) is 0 Å². The highest BCUT2D eigenvalue weighted by molar-refractivity contribution is 5.52. The molecule has 1 aliphatic carbocycles. The van der Waals surface area contributed by atoms with Crippen LogP contribution in [0.15, 0.2) is 18.5 Å². The molecule has 0 radical (unpaired) electrons. The number of anilines is 1. The molecule has 2 aromatic heterocycles. The zero-order chi connectivity index (χ0) is 14.2. The lowest BCUT2D eigenvalue weighted by Crippen LogP contribution is -2.48. The van der Waals surface area contributed by atoms with E-state index in [9.17, 15) is 0 Å². The zero-order valence-electron chi connectivity index (χ0n) is 12.3. The molecule has 3 rings (SSSR count). The first-order chi connectivity index (χ1) is 9.62. The summed E-state index contributed by atoms with van der Waals surface area (Å²) in [5.74, 6) is 1.80. The molecule has 0 aliphatic heterocycles. The maximum atomic E-state index is 6.08. The number of hydrogen-bond acceptors (Lipinski definition) is 4. The van der Waals surface area contributed by atoms with Crippen LogP contribution in [0.25, 0.3) is 5.65 Å². The molecule has 2 aromatic rings. The molecule has 20 heavy (non-hydrogen) atoms. The molecular weight excluding hydrogens is 250 g/mol. The number of nitrogens with one attached hydrogen (secondary N) is 1. The first-order valence-electron chi connectivity index (χ1n) is 7.40. The molecule has 3 N–H and O–H groups in total. The number of nitrogens with zero attached hydrogens (tertiary/aromatic N) is 3. The standard InChI is InChI=1S/C15H23N5/c1-11-3-5-15(9-16,6-4-11)19-14-8-12(2)7-13-17-10-18-20(13)14/h7-8,10-11,19H,3-6,9,16H2,1-2H3. The number of nitrogens with two attached hydrogens (primary N) is 1. The van der Waals surface area contributed by atoms with E-state index in [2.05, 4.69) is 35.3 Å². The van der Waals surface area contributed by atoms with Crippen LogP contribution >= 0.6 is 0 Å². The van der Waals surface area contributed by atoms with Gasteiger partial charge < -0.3 is 11.1 Å². The summed E-state index contributed by atoms with van der Waals surface area (Å²) in [7, 11) is 0. The highest BCUT2D eigenvalue weighted by Crippen LogP contribution is 2.34. The fourth-order valence-corrected chi connectivity index (χ4v) is 3.11. The monoisotopic (exact) mass is 273 g/mol. The van der Waals surface area contributed by atoms with Crippen molar-refractivity contribution < 1.29 is 0 Å². The van der Waals surface area contributed by atoms with Gasteiger partial charge in [0.2, 0.25) is 0 Å². The largest absolute Gasteiger partial charge is 0.363 e. The van der Waals surface area contributed by atoms with Gasteiger partial charge in [-0.3, -0.25) is 0 Å². The van der Waals surface area contributed by atoms with Crippen molar-refractivity contribution in [3.8, 4) is 0 Å². The van der Waals surface area contributed by atoms with Crippen molar-refractivity contribution in [1.82, 2.24) is 14.6 Å². The molecule has 0 aromatic carbocycles. The fourth-order valence-electron chi connectivity index (χ4n) is 3.11. The molecule has 0 bridgehead atoms. The Morgan fingerprint density at radius 1 is 1.40 bits per heavy atom. The molecule has 0 spiro atoms. The Hall–Kier alpha value is -1.62. The van der Waals surface area contributed by atoms with Crippen LogP contribution in [0.5, 0.6) is 0 Å². The first-order valence-corrected chi connectivity index (χ1v) is 7.40. The Morgan fingerprint density at radius 3 is 2.85 bits per heavy atom. The van der Waals surface area contributed by atoms with Crippen molar-refractivity contribution in [2.45, 2.75) is 45.1 Å². The van der Waals surface area contributed by atoms with Crippen LogP contribution in [-0.4, -0.2) is 26.7 Å². The summed E-state index contributed by atoms with van der Waals surface area (Å²) in [6.07, 6.45) is 6.30. The molecule has 5 nitrogen and oxygen atoms in total. The van der Waals surface area contributed by atoms with E-state index in [1.165, 1.54) is 18.4 Å². The topological polar surface area (TPSA) is 68.2 Å². The molecule has 2 heterocycles. The van der Waals surface area contributed by atoms with Crippen LogP contribution in [0.2, 0.25) is 0 Å². The lowest BCUT2D eigenvalue weighted by Gasteiger charge is -2.40. The summed E-state index contributed by atoms with van der Waals surface area (Å²) in [4.78, 5) is 4.27. The summed E-state index contributed by atoms with van der Waals surface area (Å²) in [5.41, 5.74) is 8.14. The third-order valence-electron chi connectivity index (χ3n) is 4.54. The molecule has 0 unspecified atom stereocenters.